The molecule has 0 bridgehead atoms. The molecular formula is C26H38N6O2. The van der Waals surface area contributed by atoms with Gasteiger partial charge in [-0.05, 0) is 64.6 Å². The topological polar surface area (TPSA) is 88.3 Å². The summed E-state index contributed by atoms with van der Waals surface area (Å²) in [4.78, 5) is 6.84. The van der Waals surface area contributed by atoms with Gasteiger partial charge in [0.1, 0.15) is 0 Å². The summed E-state index contributed by atoms with van der Waals surface area (Å²) in [6, 6.07) is 3.16. The van der Waals surface area contributed by atoms with Crippen LogP contribution in [0.5, 0.6) is 5.88 Å². The number of nitrogens with one attached hydrogen (secondary N) is 2. The molecule has 2 aliphatic heterocycles. The minimum Gasteiger partial charge on any atom is -0.481 e. The van der Waals surface area contributed by atoms with E-state index in [0.717, 1.165) is 41.1 Å². The Kier molecular flexibility index (Phi) is 7.68. The highest BCUT2D eigenvalue weighted by molar-refractivity contribution is 6.11. The molecule has 0 spiro atoms. The second-order valence-electron chi connectivity index (χ2n) is 9.77. The summed E-state index contributed by atoms with van der Waals surface area (Å²) in [6.45, 7) is 8.76. The van der Waals surface area contributed by atoms with Crippen LogP contribution in [-0.2, 0) is 11.3 Å². The molecule has 2 aliphatic rings. The number of piperidine rings is 1. The molecule has 2 N–H and O–H groups in total. The van der Waals surface area contributed by atoms with E-state index in [1.165, 1.54) is 12.8 Å². The van der Waals surface area contributed by atoms with Gasteiger partial charge in [-0.15, -0.1) is 0 Å². The summed E-state index contributed by atoms with van der Waals surface area (Å²) in [7, 11) is 3.84. The minimum atomic E-state index is 0.480. The summed E-state index contributed by atoms with van der Waals surface area (Å²) < 4.78 is 13.1. The SMILES string of the molecule is COc1ncc(C(=N)C2=C(Nc3cnn(CC4CC(C)N(C)C(C)C4)c3)CCOCC2)cc1C. The van der Waals surface area contributed by atoms with Gasteiger partial charge in [-0.25, -0.2) is 4.98 Å². The molecule has 184 valence electrons. The van der Waals surface area contributed by atoms with Crippen LogP contribution in [0.4, 0.5) is 5.69 Å². The molecule has 2 aromatic rings. The maximum atomic E-state index is 8.91. The van der Waals surface area contributed by atoms with Crippen LogP contribution in [0.3, 0.4) is 0 Å². The van der Waals surface area contributed by atoms with Crippen molar-refractivity contribution in [2.75, 3.05) is 32.7 Å². The fourth-order valence-corrected chi connectivity index (χ4v) is 5.20. The van der Waals surface area contributed by atoms with Crippen molar-refractivity contribution in [3.05, 3.63) is 47.1 Å². The van der Waals surface area contributed by atoms with Crippen molar-refractivity contribution in [3.8, 4) is 5.88 Å². The molecule has 8 heteroatoms. The third-order valence-electron chi connectivity index (χ3n) is 7.28. The van der Waals surface area contributed by atoms with Gasteiger partial charge in [-0.2, -0.15) is 5.10 Å². The van der Waals surface area contributed by atoms with E-state index in [4.69, 9.17) is 14.9 Å². The molecule has 1 saturated heterocycles. The molecule has 4 heterocycles. The van der Waals surface area contributed by atoms with Crippen LogP contribution < -0.4 is 10.1 Å². The molecule has 2 unspecified atom stereocenters. The number of aromatic nitrogens is 3. The number of ether oxygens (including phenoxy) is 2. The molecule has 2 atom stereocenters. The highest BCUT2D eigenvalue weighted by atomic mass is 16.5. The van der Waals surface area contributed by atoms with Crippen molar-refractivity contribution in [2.24, 2.45) is 5.92 Å². The molecule has 0 aromatic carbocycles. The van der Waals surface area contributed by atoms with Gasteiger partial charge in [0.25, 0.3) is 0 Å². The van der Waals surface area contributed by atoms with Crippen molar-refractivity contribution < 1.29 is 9.47 Å². The fourth-order valence-electron chi connectivity index (χ4n) is 5.20. The summed E-state index contributed by atoms with van der Waals surface area (Å²) in [5.74, 6) is 1.22. The Labute approximate surface area is 202 Å². The van der Waals surface area contributed by atoms with Crippen molar-refractivity contribution >= 4 is 11.4 Å². The molecule has 2 aromatic heterocycles. The normalized spacial score (nSPS) is 24.1. The third kappa shape index (κ3) is 5.50. The van der Waals surface area contributed by atoms with E-state index >= 15 is 0 Å². The zero-order chi connectivity index (χ0) is 24.2. The fraction of sp³-hybridized carbons (Fsp3) is 0.577. The van der Waals surface area contributed by atoms with Gasteiger partial charge in [-0.1, -0.05) is 0 Å². The van der Waals surface area contributed by atoms with E-state index in [0.29, 0.717) is 49.2 Å². The molecule has 0 saturated carbocycles. The summed E-state index contributed by atoms with van der Waals surface area (Å²) in [5.41, 5.74) is 5.14. The van der Waals surface area contributed by atoms with Gasteiger partial charge in [0.05, 0.1) is 37.9 Å². The van der Waals surface area contributed by atoms with Crippen LogP contribution in [0.2, 0.25) is 0 Å². The summed E-state index contributed by atoms with van der Waals surface area (Å²) in [5, 5.41) is 17.1. The first kappa shape index (κ1) is 24.4. The number of pyridine rings is 1. The van der Waals surface area contributed by atoms with E-state index in [1.54, 1.807) is 13.3 Å². The monoisotopic (exact) mass is 466 g/mol. The van der Waals surface area contributed by atoms with Crippen molar-refractivity contribution in [2.45, 2.75) is 65.1 Å². The van der Waals surface area contributed by atoms with Crippen LogP contribution in [-0.4, -0.2) is 64.8 Å². The number of hydrogen-bond donors (Lipinski definition) is 2. The molecule has 8 nitrogen and oxygen atoms in total. The van der Waals surface area contributed by atoms with E-state index in [-0.39, 0.29) is 0 Å². The lowest BCUT2D eigenvalue weighted by Crippen LogP contribution is -2.44. The van der Waals surface area contributed by atoms with E-state index in [9.17, 15) is 0 Å². The Hall–Kier alpha value is -2.71. The molecule has 1 fully saturated rings. The molecule has 0 radical (unpaired) electrons. The van der Waals surface area contributed by atoms with Gasteiger partial charge in [-0.3, -0.25) is 10.1 Å². The lowest BCUT2D eigenvalue weighted by atomic mass is 9.87. The quantitative estimate of drug-likeness (QED) is 0.593. The van der Waals surface area contributed by atoms with E-state index < -0.39 is 0 Å². The van der Waals surface area contributed by atoms with Crippen LogP contribution in [0.1, 0.15) is 50.7 Å². The zero-order valence-corrected chi connectivity index (χ0v) is 21.1. The average molecular weight is 467 g/mol. The van der Waals surface area contributed by atoms with Gasteiger partial charge in [0, 0.05) is 54.3 Å². The lowest BCUT2D eigenvalue weighted by Gasteiger charge is -2.40. The number of hydrogen-bond acceptors (Lipinski definition) is 7. The van der Waals surface area contributed by atoms with E-state index in [1.807, 2.05) is 19.2 Å². The van der Waals surface area contributed by atoms with Crippen molar-refractivity contribution in [1.29, 1.82) is 5.41 Å². The van der Waals surface area contributed by atoms with E-state index in [2.05, 4.69) is 52.1 Å². The second-order valence-corrected chi connectivity index (χ2v) is 9.77. The Morgan fingerprint density at radius 3 is 2.65 bits per heavy atom. The zero-order valence-electron chi connectivity index (χ0n) is 21.1. The standard InChI is InChI=1S/C26H38N6O2/c1-17-10-21(13-28-26(17)33-5)25(27)23-6-8-34-9-7-24(23)30-22-14-29-32(16-22)15-20-11-18(2)31(4)19(3)12-20/h10,13-14,16,18-20,27,30H,6-9,11-12,15H2,1-5H3. The number of anilines is 1. The number of methoxy groups -OCH3 is 1. The Bertz CT molecular complexity index is 1030. The lowest BCUT2D eigenvalue weighted by molar-refractivity contribution is 0.0892. The first-order valence-corrected chi connectivity index (χ1v) is 12.3. The van der Waals surface area contributed by atoms with Gasteiger partial charge < -0.3 is 19.7 Å². The Morgan fingerprint density at radius 1 is 1.21 bits per heavy atom. The Morgan fingerprint density at radius 2 is 1.94 bits per heavy atom. The molecule has 0 amide bonds. The van der Waals surface area contributed by atoms with Crippen molar-refractivity contribution in [3.63, 3.8) is 0 Å². The number of nitrogens with zero attached hydrogens (tertiary/aromatic N) is 4. The maximum absolute atomic E-state index is 8.91. The smallest absolute Gasteiger partial charge is 0.215 e. The average Bonchev–Trinajstić information content (AvgIpc) is 3.11. The van der Waals surface area contributed by atoms with Gasteiger partial charge >= 0.3 is 0 Å². The molecular weight excluding hydrogens is 428 g/mol. The number of aryl methyl sites for hydroxylation is 1. The van der Waals surface area contributed by atoms with Crippen LogP contribution in [0.25, 0.3) is 0 Å². The molecule has 34 heavy (non-hydrogen) atoms. The Balaban J connectivity index is 1.50. The predicted octanol–water partition coefficient (Wildman–Crippen LogP) is 4.26. The first-order valence-electron chi connectivity index (χ1n) is 12.3. The number of likely N-dealkylation sites (tertiary alicyclic amines) is 1. The van der Waals surface area contributed by atoms with Gasteiger partial charge in [0.15, 0.2) is 0 Å². The highest BCUT2D eigenvalue weighted by Gasteiger charge is 2.28. The van der Waals surface area contributed by atoms with Crippen LogP contribution in [0.15, 0.2) is 35.9 Å². The maximum Gasteiger partial charge on any atom is 0.215 e. The predicted molar refractivity (Wildman–Crippen MR) is 135 cm³/mol. The van der Waals surface area contributed by atoms with Crippen LogP contribution in [0, 0.1) is 18.3 Å². The third-order valence-corrected chi connectivity index (χ3v) is 7.28. The minimum absolute atomic E-state index is 0.480. The van der Waals surface area contributed by atoms with Gasteiger partial charge in [0.2, 0.25) is 5.88 Å². The largest absolute Gasteiger partial charge is 0.481 e. The molecule has 0 aliphatic carbocycles. The summed E-state index contributed by atoms with van der Waals surface area (Å²) >= 11 is 0. The first-order chi connectivity index (χ1) is 16.4. The molecule has 4 rings (SSSR count). The number of rotatable bonds is 7. The highest BCUT2D eigenvalue weighted by Crippen LogP contribution is 2.28. The van der Waals surface area contributed by atoms with Crippen LogP contribution >= 0.6 is 0 Å². The van der Waals surface area contributed by atoms with Crippen molar-refractivity contribution in [1.82, 2.24) is 19.7 Å². The summed E-state index contributed by atoms with van der Waals surface area (Å²) in [6.07, 6.45) is 9.51. The second kappa shape index (κ2) is 10.7.